The van der Waals surface area contributed by atoms with E-state index < -0.39 is 34.3 Å². The van der Waals surface area contributed by atoms with Crippen molar-refractivity contribution in [3.63, 3.8) is 0 Å². The minimum absolute atomic E-state index is 0.0556. The van der Waals surface area contributed by atoms with Crippen molar-refractivity contribution in [2.75, 3.05) is 0 Å². The molecule has 1 aromatic carbocycles. The van der Waals surface area contributed by atoms with Crippen molar-refractivity contribution < 1.29 is 24.7 Å². The fraction of sp³-hybridized carbons (Fsp3) is 0.333. The normalized spacial score (nSPS) is 11.9. The quantitative estimate of drug-likeness (QED) is 0.548. The maximum atomic E-state index is 11.8. The van der Waals surface area contributed by atoms with E-state index in [1.165, 1.54) is 0 Å². The van der Waals surface area contributed by atoms with Crippen LogP contribution in [0.15, 0.2) is 18.2 Å². The number of hydrogen-bond donors (Lipinski definition) is 3. The molecule has 0 heterocycles. The molecule has 8 heteroatoms. The summed E-state index contributed by atoms with van der Waals surface area (Å²) in [5.41, 5.74) is -0.583. The fourth-order valence-corrected chi connectivity index (χ4v) is 1.56. The number of phenols is 1. The number of nitrogens with one attached hydrogen (secondary N) is 1. The van der Waals surface area contributed by atoms with E-state index in [-0.39, 0.29) is 11.5 Å². The lowest BCUT2D eigenvalue weighted by atomic mass is 10.0. The molecular weight excluding hydrogens is 268 g/mol. The second kappa shape index (κ2) is 6.00. The third kappa shape index (κ3) is 3.44. The summed E-state index contributed by atoms with van der Waals surface area (Å²) < 4.78 is 0. The maximum absolute atomic E-state index is 11.8. The van der Waals surface area contributed by atoms with E-state index in [4.69, 9.17) is 5.11 Å². The van der Waals surface area contributed by atoms with Crippen LogP contribution in [0.2, 0.25) is 0 Å². The number of carboxylic acid groups (broad SMARTS) is 1. The number of nitro groups is 1. The van der Waals surface area contributed by atoms with Gasteiger partial charge in [-0.25, -0.2) is 4.79 Å². The molecule has 0 saturated carbocycles. The first kappa shape index (κ1) is 15.4. The van der Waals surface area contributed by atoms with Gasteiger partial charge in [0.05, 0.1) is 4.92 Å². The predicted molar refractivity (Wildman–Crippen MR) is 68.5 cm³/mol. The molecule has 1 atom stereocenters. The van der Waals surface area contributed by atoms with Gasteiger partial charge in [-0.3, -0.25) is 14.9 Å². The van der Waals surface area contributed by atoms with Crippen molar-refractivity contribution in [3.05, 3.63) is 33.9 Å². The van der Waals surface area contributed by atoms with Gasteiger partial charge in [-0.05, 0) is 18.1 Å². The average molecular weight is 282 g/mol. The van der Waals surface area contributed by atoms with Crippen LogP contribution in [-0.4, -0.2) is 33.1 Å². The number of nitro benzene ring substituents is 1. The number of carboxylic acids is 1. The summed E-state index contributed by atoms with van der Waals surface area (Å²) in [6.45, 7) is 3.26. The summed E-state index contributed by atoms with van der Waals surface area (Å²) in [5, 5.41) is 31.2. The average Bonchev–Trinajstić information content (AvgIpc) is 2.34. The molecule has 0 aliphatic carbocycles. The smallest absolute Gasteiger partial charge is 0.326 e. The molecule has 0 saturated heterocycles. The Bertz CT molecular complexity index is 555. The van der Waals surface area contributed by atoms with E-state index in [9.17, 15) is 24.8 Å². The van der Waals surface area contributed by atoms with Crippen LogP contribution in [0, 0.1) is 16.0 Å². The summed E-state index contributed by atoms with van der Waals surface area (Å²) in [7, 11) is 0. The molecule has 1 aromatic rings. The first-order chi connectivity index (χ1) is 9.23. The van der Waals surface area contributed by atoms with E-state index in [1.807, 2.05) is 0 Å². The first-order valence-corrected chi connectivity index (χ1v) is 5.75. The van der Waals surface area contributed by atoms with Crippen LogP contribution >= 0.6 is 0 Å². The highest BCUT2D eigenvalue weighted by atomic mass is 16.6. The number of phenolic OH excluding ortho intramolecular Hbond substituents is 1. The summed E-state index contributed by atoms with van der Waals surface area (Å²) in [6.07, 6.45) is 0. The summed E-state index contributed by atoms with van der Waals surface area (Å²) in [5.74, 6) is -2.89. The number of carbonyl (C=O) groups excluding carboxylic acids is 1. The Kier molecular flexibility index (Phi) is 4.63. The number of aliphatic carboxylic acids is 1. The van der Waals surface area contributed by atoms with Crippen molar-refractivity contribution >= 4 is 17.6 Å². The van der Waals surface area contributed by atoms with Crippen LogP contribution < -0.4 is 5.32 Å². The maximum Gasteiger partial charge on any atom is 0.326 e. The van der Waals surface area contributed by atoms with Gasteiger partial charge < -0.3 is 15.5 Å². The predicted octanol–water partition coefficient (Wildman–Crippen LogP) is 1.14. The van der Waals surface area contributed by atoms with Crippen LogP contribution in [0.1, 0.15) is 24.2 Å². The van der Waals surface area contributed by atoms with E-state index in [0.29, 0.717) is 0 Å². The van der Waals surface area contributed by atoms with Crippen molar-refractivity contribution in [1.82, 2.24) is 5.32 Å². The lowest BCUT2D eigenvalue weighted by Crippen LogP contribution is -2.44. The van der Waals surface area contributed by atoms with Gasteiger partial charge in [-0.15, -0.1) is 0 Å². The molecule has 20 heavy (non-hydrogen) atoms. The van der Waals surface area contributed by atoms with Crippen LogP contribution in [0.3, 0.4) is 0 Å². The molecule has 1 rings (SSSR count). The van der Waals surface area contributed by atoms with Gasteiger partial charge in [-0.2, -0.15) is 0 Å². The van der Waals surface area contributed by atoms with Crippen LogP contribution in [0.25, 0.3) is 0 Å². The number of carbonyl (C=O) groups is 2. The van der Waals surface area contributed by atoms with Crippen LogP contribution in [-0.2, 0) is 4.79 Å². The van der Waals surface area contributed by atoms with Gasteiger partial charge in [0.1, 0.15) is 6.04 Å². The van der Waals surface area contributed by atoms with Gasteiger partial charge >= 0.3 is 11.7 Å². The minimum atomic E-state index is -1.18. The third-order valence-electron chi connectivity index (χ3n) is 2.65. The number of aromatic hydroxyl groups is 1. The summed E-state index contributed by atoms with van der Waals surface area (Å²) in [6, 6.07) is 1.97. The van der Waals surface area contributed by atoms with Crippen molar-refractivity contribution in [3.8, 4) is 5.75 Å². The molecule has 0 spiro atoms. The number of rotatable bonds is 5. The van der Waals surface area contributed by atoms with E-state index in [1.54, 1.807) is 13.8 Å². The zero-order valence-electron chi connectivity index (χ0n) is 10.9. The SMILES string of the molecule is CC(C)[C@@H](NC(=O)c1ccc([N+](=O)[O-])c(O)c1)C(=O)O. The van der Waals surface area contributed by atoms with Crippen molar-refractivity contribution in [2.45, 2.75) is 19.9 Å². The molecule has 0 aliphatic rings. The first-order valence-electron chi connectivity index (χ1n) is 5.75. The topological polar surface area (TPSA) is 130 Å². The van der Waals surface area contributed by atoms with Gasteiger partial charge in [0.25, 0.3) is 5.91 Å². The van der Waals surface area contributed by atoms with Crippen LogP contribution in [0.5, 0.6) is 5.75 Å². The lowest BCUT2D eigenvalue weighted by molar-refractivity contribution is -0.385. The largest absolute Gasteiger partial charge is 0.502 e. The van der Waals surface area contributed by atoms with Crippen LogP contribution in [0.4, 0.5) is 5.69 Å². The minimum Gasteiger partial charge on any atom is -0.502 e. The van der Waals surface area contributed by atoms with E-state index in [2.05, 4.69) is 5.32 Å². The Morgan fingerprint density at radius 3 is 2.35 bits per heavy atom. The third-order valence-corrected chi connectivity index (χ3v) is 2.65. The zero-order chi connectivity index (χ0) is 15.4. The number of nitrogens with zero attached hydrogens (tertiary/aromatic N) is 1. The summed E-state index contributed by atoms with van der Waals surface area (Å²) in [4.78, 5) is 32.5. The zero-order valence-corrected chi connectivity index (χ0v) is 10.9. The number of amides is 1. The molecule has 0 radical (unpaired) electrons. The Hall–Kier alpha value is -2.64. The van der Waals surface area contributed by atoms with E-state index in [0.717, 1.165) is 18.2 Å². The van der Waals surface area contributed by atoms with Gasteiger partial charge in [0, 0.05) is 11.6 Å². The standard InChI is InChI=1S/C12H14N2O6/c1-6(2)10(12(17)18)13-11(16)7-3-4-8(14(19)20)9(15)5-7/h3-6,10,15H,1-2H3,(H,13,16)(H,17,18)/t10-/m1/s1. The van der Waals surface area contributed by atoms with Crippen molar-refractivity contribution in [1.29, 1.82) is 0 Å². The molecule has 108 valence electrons. The van der Waals surface area contributed by atoms with Gasteiger partial charge in [0.2, 0.25) is 0 Å². The second-order valence-corrected chi connectivity index (χ2v) is 4.49. The Labute approximate surface area is 114 Å². The molecule has 0 aliphatic heterocycles. The molecule has 0 bridgehead atoms. The Balaban J connectivity index is 2.96. The molecule has 0 aromatic heterocycles. The number of benzene rings is 1. The molecule has 0 unspecified atom stereocenters. The van der Waals surface area contributed by atoms with E-state index >= 15 is 0 Å². The Morgan fingerprint density at radius 1 is 1.35 bits per heavy atom. The molecule has 1 amide bonds. The highest BCUT2D eigenvalue weighted by Crippen LogP contribution is 2.26. The summed E-state index contributed by atoms with van der Waals surface area (Å²) >= 11 is 0. The Morgan fingerprint density at radius 2 is 1.95 bits per heavy atom. The highest BCUT2D eigenvalue weighted by molar-refractivity contribution is 5.97. The number of hydrogen-bond acceptors (Lipinski definition) is 5. The molecular formula is C12H14N2O6. The molecule has 0 fully saturated rings. The van der Waals surface area contributed by atoms with Crippen molar-refractivity contribution in [2.24, 2.45) is 5.92 Å². The second-order valence-electron chi connectivity index (χ2n) is 4.49. The van der Waals surface area contributed by atoms with Gasteiger partial charge in [-0.1, -0.05) is 13.8 Å². The van der Waals surface area contributed by atoms with Gasteiger partial charge in [0.15, 0.2) is 5.75 Å². The molecule has 8 nitrogen and oxygen atoms in total. The fourth-order valence-electron chi connectivity index (χ4n) is 1.56. The highest BCUT2D eigenvalue weighted by Gasteiger charge is 2.25. The lowest BCUT2D eigenvalue weighted by Gasteiger charge is -2.17. The monoisotopic (exact) mass is 282 g/mol. The molecule has 3 N–H and O–H groups in total.